The van der Waals surface area contributed by atoms with Crippen molar-refractivity contribution in [2.45, 2.75) is 18.3 Å². The number of hydrogen-bond donors (Lipinski definition) is 1. The zero-order chi connectivity index (χ0) is 25.7. The van der Waals surface area contributed by atoms with E-state index in [0.29, 0.717) is 16.0 Å². The predicted molar refractivity (Wildman–Crippen MR) is 134 cm³/mol. The van der Waals surface area contributed by atoms with Crippen LogP contribution in [0.15, 0.2) is 83.1 Å². The number of aromatic nitrogens is 3. The normalized spacial score (nSPS) is 11.7. The third kappa shape index (κ3) is 6.13. The standard InChI is InChI=1S/C25H19ClF3N5OS/c1-16-6-8-17(9-7-16)23-32-33-24(34(23)20-12-10-19(26)11-13-20)36-15-22(35)31-30-14-18-4-2-3-5-21(18)25(27,28)29/h2-14H,15H2,1H3,(H,31,35)/b30-14-. The smallest absolute Gasteiger partial charge is 0.272 e. The number of hydrazone groups is 1. The van der Waals surface area contributed by atoms with Gasteiger partial charge in [-0.05, 0) is 37.3 Å². The summed E-state index contributed by atoms with van der Waals surface area (Å²) in [6.07, 6.45) is -3.56. The summed E-state index contributed by atoms with van der Waals surface area (Å²) in [6.45, 7) is 1.98. The zero-order valence-electron chi connectivity index (χ0n) is 18.8. The fourth-order valence-corrected chi connectivity index (χ4v) is 4.15. The number of carbonyl (C=O) groups is 1. The molecule has 1 aromatic heterocycles. The summed E-state index contributed by atoms with van der Waals surface area (Å²) in [4.78, 5) is 12.4. The Hall–Kier alpha value is -3.63. The molecule has 0 saturated carbocycles. The maximum absolute atomic E-state index is 13.1. The van der Waals surface area contributed by atoms with Gasteiger partial charge < -0.3 is 0 Å². The third-order valence-corrected chi connectivity index (χ3v) is 6.20. The fraction of sp³-hybridized carbons (Fsp3) is 0.120. The van der Waals surface area contributed by atoms with E-state index in [4.69, 9.17) is 11.6 Å². The van der Waals surface area contributed by atoms with E-state index in [9.17, 15) is 18.0 Å². The number of aryl methyl sites for hydroxylation is 1. The number of nitrogens with zero attached hydrogens (tertiary/aromatic N) is 4. The number of benzene rings is 3. The topological polar surface area (TPSA) is 72.2 Å². The van der Waals surface area contributed by atoms with E-state index in [1.165, 1.54) is 18.2 Å². The third-order valence-electron chi connectivity index (χ3n) is 5.02. The summed E-state index contributed by atoms with van der Waals surface area (Å²) >= 11 is 7.16. The molecule has 0 bridgehead atoms. The van der Waals surface area contributed by atoms with Gasteiger partial charge in [-0.15, -0.1) is 10.2 Å². The Kier molecular flexibility index (Phi) is 7.76. The molecule has 1 heterocycles. The summed E-state index contributed by atoms with van der Waals surface area (Å²) in [5, 5.41) is 13.3. The molecule has 0 saturated heterocycles. The van der Waals surface area contributed by atoms with Crippen LogP contribution in [-0.2, 0) is 11.0 Å². The van der Waals surface area contributed by atoms with Crippen LogP contribution in [0.5, 0.6) is 0 Å². The second kappa shape index (κ2) is 11.0. The van der Waals surface area contributed by atoms with E-state index in [0.717, 1.165) is 40.9 Å². The van der Waals surface area contributed by atoms with E-state index >= 15 is 0 Å². The molecule has 36 heavy (non-hydrogen) atoms. The molecular weight excluding hydrogens is 511 g/mol. The van der Waals surface area contributed by atoms with Gasteiger partial charge in [0.25, 0.3) is 5.91 Å². The molecule has 0 aliphatic carbocycles. The second-order valence-electron chi connectivity index (χ2n) is 7.65. The Balaban J connectivity index is 1.51. The van der Waals surface area contributed by atoms with Crippen molar-refractivity contribution in [3.8, 4) is 17.1 Å². The van der Waals surface area contributed by atoms with E-state index in [2.05, 4.69) is 20.7 Å². The number of amides is 1. The van der Waals surface area contributed by atoms with Crippen molar-refractivity contribution in [1.29, 1.82) is 0 Å². The first-order valence-corrected chi connectivity index (χ1v) is 12.0. The molecule has 0 aliphatic rings. The van der Waals surface area contributed by atoms with Crippen LogP contribution < -0.4 is 5.43 Å². The molecule has 0 atom stereocenters. The van der Waals surface area contributed by atoms with Crippen LogP contribution in [0.1, 0.15) is 16.7 Å². The molecule has 6 nitrogen and oxygen atoms in total. The number of rotatable bonds is 7. The number of nitrogens with one attached hydrogen (secondary N) is 1. The Labute approximate surface area is 214 Å². The molecule has 0 radical (unpaired) electrons. The van der Waals surface area contributed by atoms with Gasteiger partial charge in [0.15, 0.2) is 11.0 Å². The molecule has 0 spiro atoms. The van der Waals surface area contributed by atoms with Crippen LogP contribution in [-0.4, -0.2) is 32.6 Å². The van der Waals surface area contributed by atoms with Crippen molar-refractivity contribution >= 4 is 35.5 Å². The first-order valence-electron chi connectivity index (χ1n) is 10.6. The number of hydrogen-bond acceptors (Lipinski definition) is 5. The highest BCUT2D eigenvalue weighted by Crippen LogP contribution is 2.31. The molecule has 11 heteroatoms. The minimum Gasteiger partial charge on any atom is -0.272 e. The quantitative estimate of drug-likeness (QED) is 0.177. The summed E-state index contributed by atoms with van der Waals surface area (Å²) in [7, 11) is 0. The number of carbonyl (C=O) groups excluding carboxylic acids is 1. The lowest BCUT2D eigenvalue weighted by Gasteiger charge is -2.11. The molecule has 1 amide bonds. The predicted octanol–water partition coefficient (Wildman–Crippen LogP) is 6.16. The van der Waals surface area contributed by atoms with Crippen LogP contribution in [0.25, 0.3) is 17.1 Å². The maximum atomic E-state index is 13.1. The lowest BCUT2D eigenvalue weighted by Crippen LogP contribution is -2.20. The fourth-order valence-electron chi connectivity index (χ4n) is 3.28. The van der Waals surface area contributed by atoms with Gasteiger partial charge in [0.1, 0.15) is 0 Å². The van der Waals surface area contributed by atoms with Crippen LogP contribution in [0.4, 0.5) is 13.2 Å². The maximum Gasteiger partial charge on any atom is 0.417 e. The van der Waals surface area contributed by atoms with Gasteiger partial charge in [-0.3, -0.25) is 9.36 Å². The molecule has 0 fully saturated rings. The highest BCUT2D eigenvalue weighted by atomic mass is 35.5. The number of halogens is 4. The van der Waals surface area contributed by atoms with Crippen LogP contribution >= 0.6 is 23.4 Å². The van der Waals surface area contributed by atoms with Crippen LogP contribution in [0, 0.1) is 6.92 Å². The summed E-state index contributed by atoms with van der Waals surface area (Å²) in [6, 6.07) is 19.9. The Morgan fingerprint density at radius 2 is 1.75 bits per heavy atom. The monoisotopic (exact) mass is 529 g/mol. The van der Waals surface area contributed by atoms with E-state index in [1.807, 2.05) is 47.9 Å². The number of alkyl halides is 3. The molecule has 4 aromatic rings. The minimum absolute atomic E-state index is 0.0854. The van der Waals surface area contributed by atoms with Gasteiger partial charge in [-0.25, -0.2) is 5.43 Å². The first-order chi connectivity index (χ1) is 17.2. The van der Waals surface area contributed by atoms with Gasteiger partial charge in [0, 0.05) is 21.8 Å². The largest absolute Gasteiger partial charge is 0.417 e. The zero-order valence-corrected chi connectivity index (χ0v) is 20.4. The second-order valence-corrected chi connectivity index (χ2v) is 9.03. The van der Waals surface area contributed by atoms with Gasteiger partial charge in [-0.2, -0.15) is 18.3 Å². The van der Waals surface area contributed by atoms with Crippen molar-refractivity contribution in [1.82, 2.24) is 20.2 Å². The van der Waals surface area contributed by atoms with Crippen LogP contribution in [0.2, 0.25) is 5.02 Å². The lowest BCUT2D eigenvalue weighted by molar-refractivity contribution is -0.137. The van der Waals surface area contributed by atoms with Gasteiger partial charge in [0.05, 0.1) is 17.5 Å². The Morgan fingerprint density at radius 3 is 2.44 bits per heavy atom. The lowest BCUT2D eigenvalue weighted by atomic mass is 10.1. The van der Waals surface area contributed by atoms with Crippen molar-refractivity contribution < 1.29 is 18.0 Å². The van der Waals surface area contributed by atoms with E-state index < -0.39 is 17.6 Å². The first kappa shape index (κ1) is 25.5. The molecule has 0 unspecified atom stereocenters. The van der Waals surface area contributed by atoms with E-state index in [1.54, 1.807) is 12.1 Å². The number of thioether (sulfide) groups is 1. The Morgan fingerprint density at radius 1 is 1.06 bits per heavy atom. The summed E-state index contributed by atoms with van der Waals surface area (Å²) in [5.41, 5.74) is 3.97. The molecule has 184 valence electrons. The van der Waals surface area contributed by atoms with Crippen molar-refractivity contribution in [2.24, 2.45) is 5.10 Å². The molecule has 4 rings (SSSR count). The molecule has 0 aliphatic heterocycles. The van der Waals surface area contributed by atoms with Gasteiger partial charge >= 0.3 is 6.18 Å². The van der Waals surface area contributed by atoms with Crippen molar-refractivity contribution in [2.75, 3.05) is 5.75 Å². The average Bonchev–Trinajstić information content (AvgIpc) is 3.27. The Bertz CT molecular complexity index is 1390. The minimum atomic E-state index is -4.52. The van der Waals surface area contributed by atoms with Crippen molar-refractivity contribution in [3.05, 3.63) is 94.5 Å². The van der Waals surface area contributed by atoms with Gasteiger partial charge in [0.2, 0.25) is 0 Å². The SMILES string of the molecule is Cc1ccc(-c2nnc(SCC(=O)N/N=C\c3ccccc3C(F)(F)F)n2-c2ccc(Cl)cc2)cc1. The highest BCUT2D eigenvalue weighted by molar-refractivity contribution is 7.99. The molecule has 3 aromatic carbocycles. The van der Waals surface area contributed by atoms with Gasteiger partial charge in [-0.1, -0.05) is 71.4 Å². The van der Waals surface area contributed by atoms with Crippen LogP contribution in [0.3, 0.4) is 0 Å². The molecule has 1 N–H and O–H groups in total. The summed E-state index contributed by atoms with van der Waals surface area (Å²) < 4.78 is 41.1. The van der Waals surface area contributed by atoms with E-state index in [-0.39, 0.29) is 11.3 Å². The van der Waals surface area contributed by atoms with Crippen molar-refractivity contribution in [3.63, 3.8) is 0 Å². The molecular formula is C25H19ClF3N5OS. The average molecular weight is 530 g/mol. The summed E-state index contributed by atoms with van der Waals surface area (Å²) in [5.74, 6) is -0.0111. The highest BCUT2D eigenvalue weighted by Gasteiger charge is 2.32.